The molecule has 9 aromatic carbocycles. The van der Waals surface area contributed by atoms with Crippen LogP contribution in [0.25, 0.3) is 89.2 Å². The molecule has 2 aromatic heterocycles. The lowest BCUT2D eigenvalue weighted by Gasteiger charge is -2.34. The van der Waals surface area contributed by atoms with Gasteiger partial charge in [0.2, 0.25) is 0 Å². The summed E-state index contributed by atoms with van der Waals surface area (Å²) in [7, 11) is 0. The number of furan rings is 1. The van der Waals surface area contributed by atoms with Gasteiger partial charge in [-0.3, -0.25) is 0 Å². The molecule has 3 heteroatoms. The summed E-state index contributed by atoms with van der Waals surface area (Å²) in [5.74, 6) is 0.697. The van der Waals surface area contributed by atoms with Crippen LogP contribution in [0.2, 0.25) is 0 Å². The second-order valence-corrected chi connectivity index (χ2v) is 18.0. The van der Waals surface area contributed by atoms with Crippen LogP contribution in [0, 0.1) is 0 Å². The minimum absolute atomic E-state index is 0.0981. The lowest BCUT2D eigenvalue weighted by molar-refractivity contribution is 0.660. The first-order chi connectivity index (χ1) is 32.0. The normalized spacial score (nSPS) is 13.9. The predicted molar refractivity (Wildman–Crippen MR) is 266 cm³/mol. The van der Waals surface area contributed by atoms with Crippen LogP contribution in [-0.4, -0.2) is 9.97 Å². The van der Waals surface area contributed by atoms with Crippen molar-refractivity contribution < 1.29 is 4.42 Å². The molecule has 0 unspecified atom stereocenters. The van der Waals surface area contributed by atoms with Crippen LogP contribution in [0.5, 0.6) is 0 Å². The van der Waals surface area contributed by atoms with E-state index in [-0.39, 0.29) is 5.41 Å². The van der Waals surface area contributed by atoms with Crippen LogP contribution in [0.3, 0.4) is 0 Å². The van der Waals surface area contributed by atoms with E-state index in [1.807, 2.05) is 12.1 Å². The number of hydrogen-bond donors (Lipinski definition) is 0. The molecule has 306 valence electrons. The molecule has 0 amide bonds. The molecule has 0 bridgehead atoms. The summed E-state index contributed by atoms with van der Waals surface area (Å²) in [6.45, 7) is 4.64. The van der Waals surface area contributed by atoms with Crippen molar-refractivity contribution in [3.63, 3.8) is 0 Å². The molecule has 0 saturated carbocycles. The van der Waals surface area contributed by atoms with E-state index in [4.69, 9.17) is 14.4 Å². The third-order valence-corrected chi connectivity index (χ3v) is 14.2. The van der Waals surface area contributed by atoms with E-state index in [2.05, 4.69) is 220 Å². The van der Waals surface area contributed by atoms with Gasteiger partial charge in [0, 0.05) is 32.9 Å². The van der Waals surface area contributed by atoms with E-state index in [9.17, 15) is 0 Å². The van der Waals surface area contributed by atoms with Crippen LogP contribution in [0.15, 0.2) is 223 Å². The number of para-hydroxylation sites is 1. The van der Waals surface area contributed by atoms with E-state index in [0.29, 0.717) is 5.82 Å². The number of fused-ring (bicyclic) bond motifs is 9. The highest BCUT2D eigenvalue weighted by atomic mass is 16.3. The van der Waals surface area contributed by atoms with Gasteiger partial charge in [0.15, 0.2) is 5.82 Å². The van der Waals surface area contributed by atoms with E-state index in [0.717, 1.165) is 61.1 Å². The molecule has 13 rings (SSSR count). The lowest BCUT2D eigenvalue weighted by Crippen LogP contribution is -2.28. The Morgan fingerprint density at radius 1 is 0.354 bits per heavy atom. The molecule has 0 atom stereocenters. The maximum Gasteiger partial charge on any atom is 0.160 e. The summed E-state index contributed by atoms with van der Waals surface area (Å²) in [5.41, 5.74) is 20.9. The topological polar surface area (TPSA) is 38.9 Å². The Bertz CT molecular complexity index is 3640. The van der Waals surface area contributed by atoms with Crippen LogP contribution >= 0.6 is 0 Å². The van der Waals surface area contributed by atoms with Gasteiger partial charge in [-0.15, -0.1) is 0 Å². The molecule has 0 aliphatic heterocycles. The van der Waals surface area contributed by atoms with Crippen molar-refractivity contribution in [3.8, 4) is 67.3 Å². The molecule has 0 spiro atoms. The molecule has 0 N–H and O–H groups in total. The highest BCUT2D eigenvalue weighted by molar-refractivity contribution is 6.12. The molecule has 2 aliphatic carbocycles. The Morgan fingerprint density at radius 2 is 0.892 bits per heavy atom. The van der Waals surface area contributed by atoms with Crippen molar-refractivity contribution in [3.05, 3.63) is 252 Å². The van der Waals surface area contributed by atoms with Gasteiger partial charge < -0.3 is 4.42 Å². The van der Waals surface area contributed by atoms with Crippen LogP contribution in [0.1, 0.15) is 47.2 Å². The number of nitrogens with zero attached hydrogens (tertiary/aromatic N) is 2. The fraction of sp³-hybridized carbons (Fsp3) is 0.0645. The smallest absolute Gasteiger partial charge is 0.160 e. The second kappa shape index (κ2) is 14.2. The fourth-order valence-electron chi connectivity index (χ4n) is 11.2. The Balaban J connectivity index is 1.01. The fourth-order valence-corrected chi connectivity index (χ4v) is 11.2. The zero-order valence-corrected chi connectivity index (χ0v) is 36.1. The maximum absolute atomic E-state index is 6.27. The summed E-state index contributed by atoms with van der Waals surface area (Å²) in [5, 5.41) is 2.25. The SMILES string of the molecule is CC1(C)c2ccccc2-c2cc(-c3nc(-c4ccc(-c5cccc6oc7ccccc7c56)cc4)cc(-c4ccc5c(c4)C(c4ccccc4)(c4ccccc4)c4ccccc4-5)n3)ccc21. The van der Waals surface area contributed by atoms with Gasteiger partial charge in [-0.05, 0) is 97.1 Å². The van der Waals surface area contributed by atoms with E-state index >= 15 is 0 Å². The summed E-state index contributed by atoms with van der Waals surface area (Å²) in [6, 6.07) is 79.0. The molecule has 3 nitrogen and oxygen atoms in total. The average Bonchev–Trinajstić information content (AvgIpc) is 3.98. The number of benzene rings is 9. The van der Waals surface area contributed by atoms with E-state index in [1.165, 1.54) is 55.6 Å². The molecule has 2 aliphatic rings. The maximum atomic E-state index is 6.27. The molecular weight excluding hydrogens is 789 g/mol. The first-order valence-electron chi connectivity index (χ1n) is 22.5. The van der Waals surface area contributed by atoms with Gasteiger partial charge in [-0.2, -0.15) is 0 Å². The lowest BCUT2D eigenvalue weighted by atomic mass is 9.67. The summed E-state index contributed by atoms with van der Waals surface area (Å²) < 4.78 is 6.27. The third kappa shape index (κ3) is 5.55. The zero-order valence-electron chi connectivity index (χ0n) is 36.1. The molecule has 11 aromatic rings. The Labute approximate surface area is 378 Å². The first-order valence-corrected chi connectivity index (χ1v) is 22.5. The zero-order chi connectivity index (χ0) is 43.3. The largest absolute Gasteiger partial charge is 0.456 e. The van der Waals surface area contributed by atoms with Crippen molar-refractivity contribution in [2.75, 3.05) is 0 Å². The van der Waals surface area contributed by atoms with Crippen LogP contribution < -0.4 is 0 Å². The van der Waals surface area contributed by atoms with Crippen molar-refractivity contribution in [1.29, 1.82) is 0 Å². The van der Waals surface area contributed by atoms with Gasteiger partial charge >= 0.3 is 0 Å². The van der Waals surface area contributed by atoms with Gasteiger partial charge in [0.25, 0.3) is 0 Å². The minimum Gasteiger partial charge on any atom is -0.456 e. The molecule has 0 fully saturated rings. The van der Waals surface area contributed by atoms with Crippen molar-refractivity contribution in [2.45, 2.75) is 24.7 Å². The summed E-state index contributed by atoms with van der Waals surface area (Å²) in [6.07, 6.45) is 0. The third-order valence-electron chi connectivity index (χ3n) is 14.2. The van der Waals surface area contributed by atoms with Crippen molar-refractivity contribution in [2.24, 2.45) is 0 Å². The van der Waals surface area contributed by atoms with E-state index in [1.54, 1.807) is 0 Å². The van der Waals surface area contributed by atoms with E-state index < -0.39 is 5.41 Å². The van der Waals surface area contributed by atoms with Gasteiger partial charge in [-0.1, -0.05) is 202 Å². The van der Waals surface area contributed by atoms with Crippen molar-refractivity contribution >= 4 is 21.9 Å². The highest BCUT2D eigenvalue weighted by Gasteiger charge is 2.46. The standard InChI is InChI=1S/C62H42N2O/c1-61(2)51-24-12-9-21-47(51)50-36-42(33-35-52(50)61)60-63-55(40-30-28-39(29-31-40)45-23-15-27-58-59(45)49-22-11-14-26-57(49)65-58)38-56(64-60)41-32-34-48-46-20-10-13-25-53(46)62(54(48)37-41,43-16-5-3-6-17-43)44-18-7-4-8-19-44/h3-38H,1-2H3. The molecule has 0 saturated heterocycles. The van der Waals surface area contributed by atoms with Crippen molar-refractivity contribution in [1.82, 2.24) is 9.97 Å². The summed E-state index contributed by atoms with van der Waals surface area (Å²) >= 11 is 0. The molecule has 0 radical (unpaired) electrons. The quantitative estimate of drug-likeness (QED) is 0.168. The highest BCUT2D eigenvalue weighted by Crippen LogP contribution is 2.57. The number of aromatic nitrogens is 2. The monoisotopic (exact) mass is 830 g/mol. The predicted octanol–water partition coefficient (Wildman–Crippen LogP) is 15.7. The van der Waals surface area contributed by atoms with Crippen LogP contribution in [-0.2, 0) is 10.8 Å². The first kappa shape index (κ1) is 37.4. The second-order valence-electron chi connectivity index (χ2n) is 18.0. The molecular formula is C62H42N2O. The minimum atomic E-state index is -0.525. The Morgan fingerprint density at radius 3 is 1.65 bits per heavy atom. The molecule has 2 heterocycles. The van der Waals surface area contributed by atoms with Gasteiger partial charge in [0.1, 0.15) is 11.2 Å². The Hall–Kier alpha value is -8.14. The Kier molecular flexibility index (Phi) is 8.17. The van der Waals surface area contributed by atoms with Gasteiger partial charge in [0.05, 0.1) is 16.8 Å². The summed E-state index contributed by atoms with van der Waals surface area (Å²) in [4.78, 5) is 10.9. The average molecular weight is 831 g/mol. The number of rotatable bonds is 6. The van der Waals surface area contributed by atoms with Crippen LogP contribution in [0.4, 0.5) is 0 Å². The number of hydrogen-bond acceptors (Lipinski definition) is 3. The molecule has 65 heavy (non-hydrogen) atoms. The van der Waals surface area contributed by atoms with Gasteiger partial charge in [-0.25, -0.2) is 9.97 Å².